The monoisotopic (exact) mass is 302 g/mol. The predicted octanol–water partition coefficient (Wildman–Crippen LogP) is 2.63. The second-order valence-corrected chi connectivity index (χ2v) is 5.13. The molecule has 7 nitrogen and oxygen atoms in total. The molecule has 116 valence electrons. The van der Waals surface area contributed by atoms with Crippen molar-refractivity contribution in [3.63, 3.8) is 0 Å². The smallest absolute Gasteiger partial charge is 0.312 e. The molecule has 1 aromatic carbocycles. The summed E-state index contributed by atoms with van der Waals surface area (Å²) in [6.07, 6.45) is 0. The quantitative estimate of drug-likeness (QED) is 0.642. The number of aryl methyl sites for hydroxylation is 1. The zero-order valence-electron chi connectivity index (χ0n) is 13.0. The van der Waals surface area contributed by atoms with Crippen LogP contribution in [-0.2, 0) is 4.79 Å². The molecule has 1 amide bonds. The number of carbonyl (C=O) groups is 1. The van der Waals surface area contributed by atoms with E-state index >= 15 is 0 Å². The summed E-state index contributed by atoms with van der Waals surface area (Å²) in [4.78, 5) is 24.7. The van der Waals surface area contributed by atoms with E-state index in [9.17, 15) is 14.9 Å². The Morgan fingerprint density at radius 3 is 2.41 bits per heavy atom. The van der Waals surface area contributed by atoms with Gasteiger partial charge in [-0.05, 0) is 32.9 Å². The minimum absolute atomic E-state index is 0.0398. The summed E-state index contributed by atoms with van der Waals surface area (Å²) < 4.78 is 1.41. The first kappa shape index (κ1) is 15.7. The highest BCUT2D eigenvalue weighted by Gasteiger charge is 2.28. The second-order valence-electron chi connectivity index (χ2n) is 5.13. The van der Waals surface area contributed by atoms with Crippen molar-refractivity contribution in [1.29, 1.82) is 0 Å². The van der Waals surface area contributed by atoms with E-state index in [2.05, 4.69) is 5.10 Å². The van der Waals surface area contributed by atoms with Gasteiger partial charge >= 0.3 is 5.69 Å². The molecule has 0 saturated carbocycles. The van der Waals surface area contributed by atoms with Gasteiger partial charge in [-0.2, -0.15) is 5.10 Å². The van der Waals surface area contributed by atoms with Crippen molar-refractivity contribution < 1.29 is 9.72 Å². The lowest BCUT2D eigenvalue weighted by molar-refractivity contribution is -0.386. The SMILES string of the molecule is Cc1nn([C@@H](C)C(=O)N(C)c2ccccc2)c(C)c1[N+](=O)[O-]. The Morgan fingerprint density at radius 1 is 1.32 bits per heavy atom. The van der Waals surface area contributed by atoms with Gasteiger partial charge in [0.15, 0.2) is 0 Å². The maximum absolute atomic E-state index is 12.6. The Kier molecular flexibility index (Phi) is 4.25. The molecule has 2 rings (SSSR count). The highest BCUT2D eigenvalue weighted by molar-refractivity contribution is 5.95. The molecule has 0 unspecified atom stereocenters. The molecule has 0 bridgehead atoms. The normalized spacial score (nSPS) is 12.0. The zero-order chi connectivity index (χ0) is 16.4. The Bertz CT molecular complexity index is 709. The fourth-order valence-electron chi connectivity index (χ4n) is 2.46. The second kappa shape index (κ2) is 5.97. The third-order valence-corrected chi connectivity index (χ3v) is 3.67. The summed E-state index contributed by atoms with van der Waals surface area (Å²) in [7, 11) is 1.67. The first-order valence-corrected chi connectivity index (χ1v) is 6.87. The molecule has 0 radical (unpaired) electrons. The van der Waals surface area contributed by atoms with Crippen LogP contribution in [0.25, 0.3) is 0 Å². The lowest BCUT2D eigenvalue weighted by Crippen LogP contribution is -2.33. The molecular weight excluding hydrogens is 284 g/mol. The van der Waals surface area contributed by atoms with Gasteiger partial charge in [-0.15, -0.1) is 0 Å². The molecule has 2 aromatic rings. The summed E-state index contributed by atoms with van der Waals surface area (Å²) in [5.74, 6) is -0.188. The highest BCUT2D eigenvalue weighted by Crippen LogP contribution is 2.26. The summed E-state index contributed by atoms with van der Waals surface area (Å²) in [6.45, 7) is 4.86. The molecule has 0 N–H and O–H groups in total. The van der Waals surface area contributed by atoms with E-state index < -0.39 is 11.0 Å². The van der Waals surface area contributed by atoms with Crippen LogP contribution in [-0.4, -0.2) is 27.7 Å². The van der Waals surface area contributed by atoms with Crippen LogP contribution in [0.3, 0.4) is 0 Å². The van der Waals surface area contributed by atoms with E-state index in [0.717, 1.165) is 5.69 Å². The summed E-state index contributed by atoms with van der Waals surface area (Å²) in [5.41, 5.74) is 1.41. The van der Waals surface area contributed by atoms with Gasteiger partial charge in [-0.3, -0.25) is 19.6 Å². The molecule has 1 aromatic heterocycles. The average molecular weight is 302 g/mol. The van der Waals surface area contributed by atoms with Crippen molar-refractivity contribution in [2.24, 2.45) is 0 Å². The molecule has 0 aliphatic rings. The molecule has 0 aliphatic heterocycles. The summed E-state index contributed by atoms with van der Waals surface area (Å²) in [5, 5.41) is 15.2. The van der Waals surface area contributed by atoms with Crippen molar-refractivity contribution in [3.05, 3.63) is 51.8 Å². The van der Waals surface area contributed by atoms with E-state index in [1.165, 1.54) is 9.58 Å². The van der Waals surface area contributed by atoms with Crippen LogP contribution in [0.15, 0.2) is 30.3 Å². The van der Waals surface area contributed by atoms with Gasteiger partial charge in [0.25, 0.3) is 5.91 Å². The number of amides is 1. The number of para-hydroxylation sites is 1. The summed E-state index contributed by atoms with van der Waals surface area (Å²) >= 11 is 0. The van der Waals surface area contributed by atoms with Crippen LogP contribution in [0.4, 0.5) is 11.4 Å². The number of hydrogen-bond acceptors (Lipinski definition) is 4. The van der Waals surface area contributed by atoms with Crippen molar-refractivity contribution in [2.75, 3.05) is 11.9 Å². The lowest BCUT2D eigenvalue weighted by Gasteiger charge is -2.22. The van der Waals surface area contributed by atoms with E-state index in [4.69, 9.17) is 0 Å². The third kappa shape index (κ3) is 2.69. The topological polar surface area (TPSA) is 81.3 Å². The van der Waals surface area contributed by atoms with Crippen molar-refractivity contribution in [1.82, 2.24) is 9.78 Å². The van der Waals surface area contributed by atoms with Crippen LogP contribution in [0.5, 0.6) is 0 Å². The Balaban J connectivity index is 2.32. The van der Waals surface area contributed by atoms with Gasteiger partial charge in [0.2, 0.25) is 0 Å². The molecular formula is C15H18N4O3. The first-order valence-electron chi connectivity index (χ1n) is 6.87. The summed E-state index contributed by atoms with van der Waals surface area (Å²) in [6, 6.07) is 8.59. The maximum atomic E-state index is 12.6. The molecule has 0 fully saturated rings. The van der Waals surface area contributed by atoms with E-state index in [-0.39, 0.29) is 11.6 Å². The highest BCUT2D eigenvalue weighted by atomic mass is 16.6. The standard InChI is InChI=1S/C15H18N4O3/c1-10-14(19(21)22)11(2)18(16-10)12(3)15(20)17(4)13-8-6-5-7-9-13/h5-9,12H,1-4H3/t12-/m0/s1. The first-order chi connectivity index (χ1) is 10.3. The number of benzene rings is 1. The van der Waals surface area contributed by atoms with Crippen molar-refractivity contribution >= 4 is 17.3 Å². The lowest BCUT2D eigenvalue weighted by atomic mass is 10.2. The van der Waals surface area contributed by atoms with Gasteiger partial charge in [0.05, 0.1) is 4.92 Å². The minimum atomic E-state index is -0.627. The molecule has 1 heterocycles. The molecule has 0 aliphatic carbocycles. The number of anilines is 1. The van der Waals surface area contributed by atoms with Crippen LogP contribution < -0.4 is 4.90 Å². The molecule has 1 atom stereocenters. The van der Waals surface area contributed by atoms with Gasteiger partial charge < -0.3 is 4.90 Å². The molecule has 0 spiro atoms. The zero-order valence-corrected chi connectivity index (χ0v) is 13.0. The minimum Gasteiger partial charge on any atom is -0.314 e. The predicted molar refractivity (Wildman–Crippen MR) is 82.9 cm³/mol. The number of aromatic nitrogens is 2. The number of rotatable bonds is 4. The largest absolute Gasteiger partial charge is 0.314 e. The van der Waals surface area contributed by atoms with Crippen LogP contribution in [0, 0.1) is 24.0 Å². The van der Waals surface area contributed by atoms with Crippen molar-refractivity contribution in [3.8, 4) is 0 Å². The number of carbonyl (C=O) groups excluding carboxylic acids is 1. The van der Waals surface area contributed by atoms with Crippen molar-refractivity contribution in [2.45, 2.75) is 26.8 Å². The molecule has 7 heteroatoms. The maximum Gasteiger partial charge on any atom is 0.312 e. The molecule has 0 saturated heterocycles. The van der Waals surface area contributed by atoms with Gasteiger partial charge in [0.1, 0.15) is 17.4 Å². The average Bonchev–Trinajstić information content (AvgIpc) is 2.80. The number of nitrogens with zero attached hydrogens (tertiary/aromatic N) is 4. The van der Waals surface area contributed by atoms with E-state index in [1.807, 2.05) is 30.3 Å². The Hall–Kier alpha value is -2.70. The Morgan fingerprint density at radius 2 is 1.91 bits per heavy atom. The van der Waals surface area contributed by atoms with E-state index in [0.29, 0.717) is 11.4 Å². The van der Waals surface area contributed by atoms with Crippen LogP contribution in [0.1, 0.15) is 24.4 Å². The number of likely N-dealkylation sites (N-methyl/N-ethyl adjacent to an activating group) is 1. The van der Waals surface area contributed by atoms with Crippen LogP contribution in [0.2, 0.25) is 0 Å². The van der Waals surface area contributed by atoms with Gasteiger partial charge in [-0.25, -0.2) is 0 Å². The van der Waals surface area contributed by atoms with Gasteiger partial charge in [0, 0.05) is 12.7 Å². The third-order valence-electron chi connectivity index (χ3n) is 3.67. The van der Waals surface area contributed by atoms with Crippen LogP contribution >= 0.6 is 0 Å². The van der Waals surface area contributed by atoms with Gasteiger partial charge in [-0.1, -0.05) is 18.2 Å². The fourth-order valence-corrected chi connectivity index (χ4v) is 2.46. The number of hydrogen-bond donors (Lipinski definition) is 0. The number of nitro groups is 1. The Labute approximate surface area is 128 Å². The molecule has 22 heavy (non-hydrogen) atoms. The fraction of sp³-hybridized carbons (Fsp3) is 0.333. The van der Waals surface area contributed by atoms with E-state index in [1.54, 1.807) is 27.8 Å².